The Balaban J connectivity index is 1.91. The van der Waals surface area contributed by atoms with Crippen LogP contribution < -0.4 is 5.32 Å². The van der Waals surface area contributed by atoms with Crippen LogP contribution in [-0.2, 0) is 4.74 Å². The Hall–Kier alpha value is -1.44. The maximum atomic E-state index is 5.52. The van der Waals surface area contributed by atoms with Crippen LogP contribution in [-0.4, -0.2) is 12.6 Å². The number of aryl methyl sites for hydroxylation is 2. The second-order valence-corrected chi connectivity index (χ2v) is 4.46. The van der Waals surface area contributed by atoms with Gasteiger partial charge in [0.05, 0.1) is 12.8 Å². The highest BCUT2D eigenvalue weighted by Crippen LogP contribution is 2.15. The Morgan fingerprint density at radius 1 is 1.25 bits per heavy atom. The second kappa shape index (κ2) is 5.06. The lowest BCUT2D eigenvalue weighted by Gasteiger charge is -2.20. The molecule has 0 amide bonds. The molecule has 1 aliphatic rings. The first-order valence-electron chi connectivity index (χ1n) is 5.87. The summed E-state index contributed by atoms with van der Waals surface area (Å²) in [5.74, 6) is 0. The van der Waals surface area contributed by atoms with E-state index < -0.39 is 0 Å². The van der Waals surface area contributed by atoms with E-state index in [9.17, 15) is 0 Å². The summed E-state index contributed by atoms with van der Waals surface area (Å²) in [4.78, 5) is 0. The summed E-state index contributed by atoms with van der Waals surface area (Å²) >= 11 is 0. The first-order chi connectivity index (χ1) is 7.74. The third-order valence-electron chi connectivity index (χ3n) is 2.78. The molecule has 0 saturated heterocycles. The molecule has 1 heterocycles. The van der Waals surface area contributed by atoms with Gasteiger partial charge in [-0.1, -0.05) is 6.07 Å². The zero-order valence-electron chi connectivity index (χ0n) is 9.99. The van der Waals surface area contributed by atoms with E-state index in [2.05, 4.69) is 43.4 Å². The number of anilines is 1. The largest absolute Gasteiger partial charge is 0.497 e. The molecule has 0 radical (unpaired) electrons. The highest BCUT2D eigenvalue weighted by Gasteiger charge is 2.10. The van der Waals surface area contributed by atoms with Gasteiger partial charge >= 0.3 is 0 Å². The number of hydrogen-bond acceptors (Lipinski definition) is 2. The van der Waals surface area contributed by atoms with Crippen molar-refractivity contribution in [3.63, 3.8) is 0 Å². The van der Waals surface area contributed by atoms with Gasteiger partial charge < -0.3 is 10.1 Å². The van der Waals surface area contributed by atoms with Gasteiger partial charge in [-0.25, -0.2) is 0 Å². The highest BCUT2D eigenvalue weighted by atomic mass is 16.5. The van der Waals surface area contributed by atoms with Crippen molar-refractivity contribution in [3.8, 4) is 0 Å². The Morgan fingerprint density at radius 3 is 2.62 bits per heavy atom. The number of allylic oxidation sites excluding steroid dienone is 1. The van der Waals surface area contributed by atoms with E-state index in [-0.39, 0.29) is 0 Å². The van der Waals surface area contributed by atoms with Crippen molar-refractivity contribution < 1.29 is 4.74 Å². The number of hydrogen-bond donors (Lipinski definition) is 1. The molecular weight excluding hydrogens is 198 g/mol. The van der Waals surface area contributed by atoms with Gasteiger partial charge in [0.15, 0.2) is 0 Å². The molecule has 1 N–H and O–H groups in total. The van der Waals surface area contributed by atoms with Crippen molar-refractivity contribution in [2.75, 3.05) is 11.9 Å². The van der Waals surface area contributed by atoms with E-state index in [4.69, 9.17) is 4.74 Å². The van der Waals surface area contributed by atoms with Gasteiger partial charge in [-0.3, -0.25) is 0 Å². The van der Waals surface area contributed by atoms with Crippen molar-refractivity contribution in [2.24, 2.45) is 0 Å². The topological polar surface area (TPSA) is 21.3 Å². The summed E-state index contributed by atoms with van der Waals surface area (Å²) in [5, 5.41) is 3.44. The lowest BCUT2D eigenvalue weighted by atomic mass is 10.1. The van der Waals surface area contributed by atoms with Crippen molar-refractivity contribution >= 4 is 5.69 Å². The second-order valence-electron chi connectivity index (χ2n) is 4.46. The highest BCUT2D eigenvalue weighted by molar-refractivity contribution is 5.48. The SMILES string of the molecule is Cc1cc(C)cc(NCC2CCC=CO2)c1. The number of ether oxygens (including phenoxy) is 1. The molecule has 0 spiro atoms. The van der Waals surface area contributed by atoms with Gasteiger partial charge in [0.2, 0.25) is 0 Å². The van der Waals surface area contributed by atoms with E-state index in [1.807, 2.05) is 6.26 Å². The number of benzene rings is 1. The van der Waals surface area contributed by atoms with E-state index in [0.29, 0.717) is 6.10 Å². The molecule has 1 atom stereocenters. The van der Waals surface area contributed by atoms with Crippen LogP contribution >= 0.6 is 0 Å². The van der Waals surface area contributed by atoms with Crippen molar-refractivity contribution in [2.45, 2.75) is 32.8 Å². The first-order valence-corrected chi connectivity index (χ1v) is 5.87. The minimum atomic E-state index is 0.311. The molecule has 0 aromatic heterocycles. The summed E-state index contributed by atoms with van der Waals surface area (Å²) in [7, 11) is 0. The molecule has 0 saturated carbocycles. The molecular formula is C14H19NO. The fraction of sp³-hybridized carbons (Fsp3) is 0.429. The first kappa shape index (κ1) is 11.1. The Morgan fingerprint density at radius 2 is 2.00 bits per heavy atom. The van der Waals surface area contributed by atoms with E-state index in [1.54, 1.807) is 0 Å². The van der Waals surface area contributed by atoms with Gasteiger partial charge in [0.25, 0.3) is 0 Å². The zero-order chi connectivity index (χ0) is 11.4. The molecule has 2 heteroatoms. The van der Waals surface area contributed by atoms with Crippen LogP contribution in [0.4, 0.5) is 5.69 Å². The average molecular weight is 217 g/mol. The summed E-state index contributed by atoms with van der Waals surface area (Å²) in [5.41, 5.74) is 3.79. The summed E-state index contributed by atoms with van der Waals surface area (Å²) < 4.78 is 5.52. The van der Waals surface area contributed by atoms with Crippen LogP contribution in [0.25, 0.3) is 0 Å². The molecule has 1 aromatic rings. The molecule has 1 unspecified atom stereocenters. The summed E-state index contributed by atoms with van der Waals surface area (Å²) in [6, 6.07) is 6.53. The third kappa shape index (κ3) is 3.02. The summed E-state index contributed by atoms with van der Waals surface area (Å²) in [6.45, 7) is 5.13. The normalized spacial score (nSPS) is 19.2. The Labute approximate surface area is 97.3 Å². The minimum absolute atomic E-state index is 0.311. The molecule has 0 fully saturated rings. The molecule has 0 aliphatic carbocycles. The third-order valence-corrected chi connectivity index (χ3v) is 2.78. The lowest BCUT2D eigenvalue weighted by Crippen LogP contribution is -2.23. The van der Waals surface area contributed by atoms with E-state index in [1.165, 1.54) is 16.8 Å². The molecule has 2 rings (SSSR count). The van der Waals surface area contributed by atoms with E-state index >= 15 is 0 Å². The molecule has 16 heavy (non-hydrogen) atoms. The summed E-state index contributed by atoms with van der Waals surface area (Å²) in [6.07, 6.45) is 6.43. The minimum Gasteiger partial charge on any atom is -0.497 e. The van der Waals surface area contributed by atoms with Crippen molar-refractivity contribution in [1.29, 1.82) is 0 Å². The van der Waals surface area contributed by atoms with Crippen LogP contribution in [0.1, 0.15) is 24.0 Å². The lowest BCUT2D eigenvalue weighted by molar-refractivity contribution is 0.135. The van der Waals surface area contributed by atoms with Gasteiger partial charge in [-0.2, -0.15) is 0 Å². The zero-order valence-corrected chi connectivity index (χ0v) is 9.99. The Kier molecular flexibility index (Phi) is 3.50. The van der Waals surface area contributed by atoms with Gasteiger partial charge in [-0.15, -0.1) is 0 Å². The fourth-order valence-corrected chi connectivity index (χ4v) is 2.04. The standard InChI is InChI=1S/C14H19NO/c1-11-7-12(2)9-13(8-11)15-10-14-5-3-4-6-16-14/h4,6-9,14-15H,3,5,10H2,1-2H3. The maximum absolute atomic E-state index is 5.52. The monoisotopic (exact) mass is 217 g/mol. The molecule has 1 aliphatic heterocycles. The molecule has 2 nitrogen and oxygen atoms in total. The molecule has 0 bridgehead atoms. The predicted octanol–water partition coefficient (Wildman–Crippen LogP) is 3.41. The van der Waals surface area contributed by atoms with Crippen LogP contribution in [0, 0.1) is 13.8 Å². The van der Waals surface area contributed by atoms with Gasteiger partial charge in [-0.05, 0) is 56.0 Å². The maximum Gasteiger partial charge on any atom is 0.115 e. The van der Waals surface area contributed by atoms with E-state index in [0.717, 1.165) is 19.4 Å². The van der Waals surface area contributed by atoms with Crippen LogP contribution in [0.5, 0.6) is 0 Å². The van der Waals surface area contributed by atoms with Crippen LogP contribution in [0.3, 0.4) is 0 Å². The predicted molar refractivity (Wildman–Crippen MR) is 67.7 cm³/mol. The van der Waals surface area contributed by atoms with Crippen LogP contribution in [0.15, 0.2) is 30.5 Å². The van der Waals surface area contributed by atoms with Gasteiger partial charge in [0, 0.05) is 5.69 Å². The molecule has 86 valence electrons. The quantitative estimate of drug-likeness (QED) is 0.837. The molecule has 1 aromatic carbocycles. The number of nitrogens with one attached hydrogen (secondary N) is 1. The van der Waals surface area contributed by atoms with Crippen LogP contribution in [0.2, 0.25) is 0 Å². The number of rotatable bonds is 3. The van der Waals surface area contributed by atoms with Crippen molar-refractivity contribution in [1.82, 2.24) is 0 Å². The average Bonchev–Trinajstić information content (AvgIpc) is 2.27. The van der Waals surface area contributed by atoms with Crippen molar-refractivity contribution in [3.05, 3.63) is 41.7 Å². The Bertz CT molecular complexity index is 364. The van der Waals surface area contributed by atoms with Gasteiger partial charge in [0.1, 0.15) is 6.10 Å². The smallest absolute Gasteiger partial charge is 0.115 e. The fourth-order valence-electron chi connectivity index (χ4n) is 2.04.